The molecule has 2 unspecified atom stereocenters. The van der Waals surface area contributed by atoms with E-state index in [0.717, 1.165) is 18.0 Å². The smallest absolute Gasteiger partial charge is 0.00952 e. The normalized spacial score (nSPS) is 35.8. The number of rotatable bonds is 2. The molecular formula is C13H25N. The molecule has 0 aliphatic heterocycles. The Morgan fingerprint density at radius 2 is 1.43 bits per heavy atom. The van der Waals surface area contributed by atoms with E-state index in [0.29, 0.717) is 0 Å². The molecule has 0 bridgehead atoms. The minimum atomic E-state index is 0.834. The third kappa shape index (κ3) is 2.73. The van der Waals surface area contributed by atoms with Gasteiger partial charge < -0.3 is 5.32 Å². The second kappa shape index (κ2) is 5.16. The largest absolute Gasteiger partial charge is 0.311 e. The van der Waals surface area contributed by atoms with E-state index in [1.807, 2.05) is 0 Å². The molecule has 0 radical (unpaired) electrons. The van der Waals surface area contributed by atoms with Crippen LogP contribution >= 0.6 is 0 Å². The zero-order chi connectivity index (χ0) is 9.80. The SMILES string of the molecule is CC1CCCCCC1NC1CCCC1. The molecule has 1 nitrogen and oxygen atoms in total. The molecule has 0 heterocycles. The Morgan fingerprint density at radius 1 is 0.786 bits per heavy atom. The van der Waals surface area contributed by atoms with Crippen molar-refractivity contribution in [3.05, 3.63) is 0 Å². The maximum atomic E-state index is 3.91. The molecule has 2 atom stereocenters. The Morgan fingerprint density at radius 3 is 2.21 bits per heavy atom. The second-order valence-corrected chi connectivity index (χ2v) is 5.37. The van der Waals surface area contributed by atoms with Gasteiger partial charge in [-0.3, -0.25) is 0 Å². The van der Waals surface area contributed by atoms with Crippen LogP contribution in [0.2, 0.25) is 0 Å². The standard InChI is InChI=1S/C13H25N/c1-11-7-3-2-4-10-13(11)14-12-8-5-6-9-12/h11-14H,2-10H2,1H3. The van der Waals surface area contributed by atoms with Crippen molar-refractivity contribution in [2.45, 2.75) is 76.8 Å². The van der Waals surface area contributed by atoms with Gasteiger partial charge in [-0.15, -0.1) is 0 Å². The highest BCUT2D eigenvalue weighted by Crippen LogP contribution is 2.26. The molecule has 0 spiro atoms. The van der Waals surface area contributed by atoms with E-state index in [1.165, 1.54) is 57.8 Å². The van der Waals surface area contributed by atoms with Crippen molar-refractivity contribution in [2.24, 2.45) is 5.92 Å². The Bertz CT molecular complexity index is 161. The fourth-order valence-electron chi connectivity index (χ4n) is 3.14. The molecule has 0 amide bonds. The van der Waals surface area contributed by atoms with E-state index in [-0.39, 0.29) is 0 Å². The first-order valence-corrected chi connectivity index (χ1v) is 6.62. The van der Waals surface area contributed by atoms with Gasteiger partial charge in [0.2, 0.25) is 0 Å². The van der Waals surface area contributed by atoms with Crippen molar-refractivity contribution < 1.29 is 0 Å². The van der Waals surface area contributed by atoms with Crippen LogP contribution in [0.3, 0.4) is 0 Å². The number of hydrogen-bond donors (Lipinski definition) is 1. The average molecular weight is 195 g/mol. The molecule has 2 rings (SSSR count). The predicted molar refractivity (Wildman–Crippen MR) is 61.4 cm³/mol. The maximum absolute atomic E-state index is 3.91. The van der Waals surface area contributed by atoms with E-state index in [4.69, 9.17) is 0 Å². The molecule has 2 fully saturated rings. The first kappa shape index (κ1) is 10.5. The minimum absolute atomic E-state index is 0.834. The third-order valence-electron chi connectivity index (χ3n) is 4.17. The van der Waals surface area contributed by atoms with Gasteiger partial charge in [0.15, 0.2) is 0 Å². The lowest BCUT2D eigenvalue weighted by atomic mass is 9.96. The summed E-state index contributed by atoms with van der Waals surface area (Å²) in [4.78, 5) is 0. The first-order chi connectivity index (χ1) is 6.86. The van der Waals surface area contributed by atoms with Crippen molar-refractivity contribution >= 4 is 0 Å². The van der Waals surface area contributed by atoms with E-state index in [2.05, 4.69) is 12.2 Å². The summed E-state index contributed by atoms with van der Waals surface area (Å²) >= 11 is 0. The summed E-state index contributed by atoms with van der Waals surface area (Å²) in [5.74, 6) is 0.915. The summed E-state index contributed by atoms with van der Waals surface area (Å²) in [7, 11) is 0. The van der Waals surface area contributed by atoms with Crippen LogP contribution in [0.5, 0.6) is 0 Å². The number of hydrogen-bond acceptors (Lipinski definition) is 1. The summed E-state index contributed by atoms with van der Waals surface area (Å²) in [6.07, 6.45) is 13.0. The van der Waals surface area contributed by atoms with Crippen LogP contribution < -0.4 is 5.32 Å². The van der Waals surface area contributed by atoms with Crippen LogP contribution in [0.1, 0.15) is 64.7 Å². The summed E-state index contributed by atoms with van der Waals surface area (Å²) in [6, 6.07) is 1.70. The third-order valence-corrected chi connectivity index (χ3v) is 4.17. The van der Waals surface area contributed by atoms with Crippen molar-refractivity contribution in [2.75, 3.05) is 0 Å². The average Bonchev–Trinajstić information content (AvgIpc) is 2.60. The van der Waals surface area contributed by atoms with Gasteiger partial charge in [-0.2, -0.15) is 0 Å². The van der Waals surface area contributed by atoms with E-state index in [1.54, 1.807) is 0 Å². The van der Waals surface area contributed by atoms with E-state index in [9.17, 15) is 0 Å². The molecule has 0 aromatic carbocycles. The van der Waals surface area contributed by atoms with Crippen molar-refractivity contribution in [1.29, 1.82) is 0 Å². The fourth-order valence-corrected chi connectivity index (χ4v) is 3.14. The topological polar surface area (TPSA) is 12.0 Å². The Balaban J connectivity index is 1.81. The van der Waals surface area contributed by atoms with Gasteiger partial charge in [-0.1, -0.05) is 39.0 Å². The van der Waals surface area contributed by atoms with Gasteiger partial charge in [-0.25, -0.2) is 0 Å². The van der Waals surface area contributed by atoms with Gasteiger partial charge in [0, 0.05) is 12.1 Å². The summed E-state index contributed by atoms with van der Waals surface area (Å²) in [5.41, 5.74) is 0. The van der Waals surface area contributed by atoms with Gasteiger partial charge >= 0.3 is 0 Å². The summed E-state index contributed by atoms with van der Waals surface area (Å²) < 4.78 is 0. The molecule has 82 valence electrons. The quantitative estimate of drug-likeness (QED) is 0.665. The zero-order valence-corrected chi connectivity index (χ0v) is 9.60. The van der Waals surface area contributed by atoms with Gasteiger partial charge in [0.1, 0.15) is 0 Å². The van der Waals surface area contributed by atoms with Crippen molar-refractivity contribution in [3.63, 3.8) is 0 Å². The highest BCUT2D eigenvalue weighted by atomic mass is 15.0. The van der Waals surface area contributed by atoms with Crippen molar-refractivity contribution in [3.8, 4) is 0 Å². The molecule has 0 aromatic rings. The minimum Gasteiger partial charge on any atom is -0.311 e. The monoisotopic (exact) mass is 195 g/mol. The molecule has 2 aliphatic rings. The Labute approximate surface area is 88.7 Å². The van der Waals surface area contributed by atoms with E-state index < -0.39 is 0 Å². The molecule has 14 heavy (non-hydrogen) atoms. The van der Waals surface area contributed by atoms with Crippen LogP contribution in [0, 0.1) is 5.92 Å². The maximum Gasteiger partial charge on any atom is 0.00952 e. The lowest BCUT2D eigenvalue weighted by molar-refractivity contribution is 0.321. The highest BCUT2D eigenvalue weighted by Gasteiger charge is 2.24. The van der Waals surface area contributed by atoms with Crippen LogP contribution in [0.15, 0.2) is 0 Å². The molecule has 0 saturated heterocycles. The predicted octanol–water partition coefficient (Wildman–Crippen LogP) is 3.49. The fraction of sp³-hybridized carbons (Fsp3) is 1.00. The summed E-state index contributed by atoms with van der Waals surface area (Å²) in [6.45, 7) is 2.44. The van der Waals surface area contributed by atoms with Gasteiger partial charge in [-0.05, 0) is 31.6 Å². The molecule has 1 N–H and O–H groups in total. The highest BCUT2D eigenvalue weighted by molar-refractivity contribution is 4.82. The second-order valence-electron chi connectivity index (χ2n) is 5.37. The van der Waals surface area contributed by atoms with Crippen LogP contribution in [0.4, 0.5) is 0 Å². The molecule has 1 heteroatoms. The van der Waals surface area contributed by atoms with Crippen LogP contribution in [0.25, 0.3) is 0 Å². The number of nitrogens with one attached hydrogen (secondary N) is 1. The zero-order valence-electron chi connectivity index (χ0n) is 9.60. The Kier molecular flexibility index (Phi) is 3.86. The van der Waals surface area contributed by atoms with Crippen LogP contribution in [-0.4, -0.2) is 12.1 Å². The summed E-state index contributed by atoms with van der Waals surface area (Å²) in [5, 5.41) is 3.91. The van der Waals surface area contributed by atoms with Crippen molar-refractivity contribution in [1.82, 2.24) is 5.32 Å². The molecule has 2 aliphatic carbocycles. The Hall–Kier alpha value is -0.0400. The first-order valence-electron chi connectivity index (χ1n) is 6.62. The molecule has 0 aromatic heterocycles. The molecular weight excluding hydrogens is 170 g/mol. The molecule has 2 saturated carbocycles. The van der Waals surface area contributed by atoms with Crippen LogP contribution in [-0.2, 0) is 0 Å². The van der Waals surface area contributed by atoms with Gasteiger partial charge in [0.25, 0.3) is 0 Å². The van der Waals surface area contributed by atoms with Gasteiger partial charge in [0.05, 0.1) is 0 Å². The lowest BCUT2D eigenvalue weighted by Crippen LogP contribution is -2.40. The van der Waals surface area contributed by atoms with E-state index >= 15 is 0 Å². The lowest BCUT2D eigenvalue weighted by Gasteiger charge is -2.26.